The van der Waals surface area contributed by atoms with Gasteiger partial charge in [0.25, 0.3) is 0 Å². The molecule has 6 nitrogen and oxygen atoms in total. The van der Waals surface area contributed by atoms with E-state index >= 15 is 0 Å². The molecule has 0 N–H and O–H groups in total. The molecule has 0 radical (unpaired) electrons. The van der Waals surface area contributed by atoms with Gasteiger partial charge in [-0.1, -0.05) is 34.6 Å². The van der Waals surface area contributed by atoms with Crippen LogP contribution in [-0.2, 0) is 14.3 Å². The summed E-state index contributed by atoms with van der Waals surface area (Å²) in [7, 11) is 0. The predicted octanol–water partition coefficient (Wildman–Crippen LogP) is 4.80. The fourth-order valence-electron chi connectivity index (χ4n) is 4.60. The van der Waals surface area contributed by atoms with Gasteiger partial charge in [-0.2, -0.15) is 0 Å². The second-order valence-corrected chi connectivity index (χ2v) is 12.0. The van der Waals surface area contributed by atoms with E-state index in [4.69, 9.17) is 4.74 Å². The summed E-state index contributed by atoms with van der Waals surface area (Å²) in [6, 6.07) is -0.551. The third-order valence-corrected chi connectivity index (χ3v) is 6.35. The maximum Gasteiger partial charge on any atom is 0.410 e. The minimum atomic E-state index is -0.633. The van der Waals surface area contributed by atoms with Crippen molar-refractivity contribution in [2.24, 2.45) is 10.8 Å². The zero-order chi connectivity index (χ0) is 23.1. The molecule has 1 saturated heterocycles. The van der Waals surface area contributed by atoms with Crippen LogP contribution in [0.4, 0.5) is 4.79 Å². The number of likely N-dealkylation sites (tertiary alicyclic amines) is 1. The fourth-order valence-corrected chi connectivity index (χ4v) is 4.60. The minimum Gasteiger partial charge on any atom is -0.444 e. The van der Waals surface area contributed by atoms with Crippen molar-refractivity contribution in [3.05, 3.63) is 0 Å². The standard InChI is InChI=1S/C24H42N2O4/c1-16(27)19-14-18(15-25(19)21(29)30-23(5,6)7)26(20(28)22(2,3)4)17-10-12-24(8,9)13-11-17/h17-19H,10-15H2,1-9H3. The second kappa shape index (κ2) is 8.51. The summed E-state index contributed by atoms with van der Waals surface area (Å²) in [6.45, 7) is 17.7. The Morgan fingerprint density at radius 1 is 0.967 bits per heavy atom. The van der Waals surface area contributed by atoms with Crippen LogP contribution in [-0.4, -0.2) is 57.9 Å². The number of ether oxygens (including phenoxy) is 1. The molecule has 2 unspecified atom stereocenters. The molecule has 1 aliphatic heterocycles. The van der Waals surface area contributed by atoms with Crippen LogP contribution in [0, 0.1) is 10.8 Å². The Morgan fingerprint density at radius 2 is 1.50 bits per heavy atom. The molecule has 30 heavy (non-hydrogen) atoms. The van der Waals surface area contributed by atoms with E-state index in [9.17, 15) is 14.4 Å². The topological polar surface area (TPSA) is 66.9 Å². The molecule has 2 aliphatic rings. The molecule has 1 aliphatic carbocycles. The largest absolute Gasteiger partial charge is 0.444 e. The molecule has 2 atom stereocenters. The van der Waals surface area contributed by atoms with Crippen LogP contribution in [0.15, 0.2) is 0 Å². The summed E-state index contributed by atoms with van der Waals surface area (Å²) in [5.41, 5.74) is -0.850. The van der Waals surface area contributed by atoms with Gasteiger partial charge in [-0.15, -0.1) is 0 Å². The zero-order valence-electron chi connectivity index (χ0n) is 20.5. The third kappa shape index (κ3) is 5.98. The van der Waals surface area contributed by atoms with Gasteiger partial charge in [-0.25, -0.2) is 4.79 Å². The Kier molecular flexibility index (Phi) is 7.00. The highest BCUT2D eigenvalue weighted by Gasteiger charge is 2.47. The minimum absolute atomic E-state index is 0.0590. The molecule has 1 saturated carbocycles. The number of amides is 2. The number of hydrogen-bond acceptors (Lipinski definition) is 4. The first-order valence-electron chi connectivity index (χ1n) is 11.3. The van der Waals surface area contributed by atoms with Gasteiger partial charge < -0.3 is 9.64 Å². The van der Waals surface area contributed by atoms with Crippen molar-refractivity contribution >= 4 is 17.8 Å². The van der Waals surface area contributed by atoms with Gasteiger partial charge >= 0.3 is 6.09 Å². The average Bonchev–Trinajstić information content (AvgIpc) is 2.99. The van der Waals surface area contributed by atoms with Crippen LogP contribution in [0.2, 0.25) is 0 Å². The summed E-state index contributed by atoms with van der Waals surface area (Å²) in [4.78, 5) is 42.2. The van der Waals surface area contributed by atoms with E-state index in [1.165, 1.54) is 11.8 Å². The number of carbonyl (C=O) groups is 3. The van der Waals surface area contributed by atoms with Crippen molar-refractivity contribution in [1.82, 2.24) is 9.80 Å². The van der Waals surface area contributed by atoms with Gasteiger partial charge in [0.2, 0.25) is 5.91 Å². The summed E-state index contributed by atoms with van der Waals surface area (Å²) >= 11 is 0. The molecule has 0 aromatic heterocycles. The molecule has 2 amide bonds. The average molecular weight is 423 g/mol. The van der Waals surface area contributed by atoms with Gasteiger partial charge in [0.05, 0.1) is 12.1 Å². The molecule has 0 bridgehead atoms. The van der Waals surface area contributed by atoms with Crippen LogP contribution in [0.5, 0.6) is 0 Å². The summed E-state index contributed by atoms with van der Waals surface area (Å²) in [5, 5.41) is 0. The van der Waals surface area contributed by atoms with Crippen LogP contribution in [0.1, 0.15) is 94.4 Å². The molecule has 1 heterocycles. The number of ketones is 1. The maximum absolute atomic E-state index is 13.5. The lowest BCUT2D eigenvalue weighted by Crippen LogP contribution is -2.53. The normalized spacial score (nSPS) is 25.2. The van der Waals surface area contributed by atoms with Crippen molar-refractivity contribution in [3.63, 3.8) is 0 Å². The molecular formula is C24H42N2O4. The van der Waals surface area contributed by atoms with Crippen molar-refractivity contribution in [2.45, 2.75) is 118 Å². The van der Waals surface area contributed by atoms with Crippen molar-refractivity contribution in [1.29, 1.82) is 0 Å². The van der Waals surface area contributed by atoms with Gasteiger partial charge in [0, 0.05) is 18.0 Å². The van der Waals surface area contributed by atoms with Gasteiger partial charge in [0.1, 0.15) is 5.60 Å². The lowest BCUT2D eigenvalue weighted by atomic mass is 9.74. The monoisotopic (exact) mass is 422 g/mol. The lowest BCUT2D eigenvalue weighted by molar-refractivity contribution is -0.146. The van der Waals surface area contributed by atoms with Gasteiger partial charge in [-0.05, 0) is 65.2 Å². The SMILES string of the molecule is CC(=O)C1CC(N(C(=O)C(C)(C)C)C2CCC(C)(C)CC2)CN1C(=O)OC(C)(C)C. The number of hydrogen-bond donors (Lipinski definition) is 0. The summed E-state index contributed by atoms with van der Waals surface area (Å²) in [5.74, 6) is 0.0434. The van der Waals surface area contributed by atoms with E-state index in [1.807, 2.05) is 46.4 Å². The van der Waals surface area contributed by atoms with E-state index in [-0.39, 0.29) is 23.8 Å². The second-order valence-electron chi connectivity index (χ2n) is 12.0. The summed E-state index contributed by atoms with van der Waals surface area (Å²) < 4.78 is 5.56. The van der Waals surface area contributed by atoms with Gasteiger partial charge in [-0.3, -0.25) is 14.5 Å². The van der Waals surface area contributed by atoms with E-state index in [2.05, 4.69) is 13.8 Å². The molecular weight excluding hydrogens is 380 g/mol. The first-order chi connectivity index (χ1) is 13.5. The Balaban J connectivity index is 2.30. The predicted molar refractivity (Wildman–Crippen MR) is 118 cm³/mol. The third-order valence-electron chi connectivity index (χ3n) is 6.35. The quantitative estimate of drug-likeness (QED) is 0.655. The molecule has 0 spiro atoms. The van der Waals surface area contributed by atoms with Crippen molar-refractivity contribution in [2.75, 3.05) is 6.54 Å². The number of nitrogens with zero attached hydrogens (tertiary/aromatic N) is 2. The Labute approximate surface area is 182 Å². The van der Waals surface area contributed by atoms with Crippen LogP contribution in [0.25, 0.3) is 0 Å². The molecule has 2 rings (SSSR count). The molecule has 0 aromatic carbocycles. The highest BCUT2D eigenvalue weighted by Crippen LogP contribution is 2.40. The Bertz CT molecular complexity index is 662. The van der Waals surface area contributed by atoms with E-state index in [0.29, 0.717) is 18.4 Å². The number of rotatable bonds is 3. The molecule has 172 valence electrons. The smallest absolute Gasteiger partial charge is 0.410 e. The van der Waals surface area contributed by atoms with Crippen molar-refractivity contribution in [3.8, 4) is 0 Å². The Morgan fingerprint density at radius 3 is 1.93 bits per heavy atom. The number of carbonyl (C=O) groups excluding carboxylic acids is 3. The maximum atomic E-state index is 13.5. The van der Waals surface area contributed by atoms with Crippen LogP contribution >= 0.6 is 0 Å². The highest BCUT2D eigenvalue weighted by molar-refractivity contribution is 5.87. The molecule has 6 heteroatoms. The Hall–Kier alpha value is -1.59. The first-order valence-corrected chi connectivity index (χ1v) is 11.3. The first kappa shape index (κ1) is 24.7. The lowest BCUT2D eigenvalue weighted by Gasteiger charge is -2.45. The van der Waals surface area contributed by atoms with Crippen LogP contribution in [0.3, 0.4) is 0 Å². The summed E-state index contributed by atoms with van der Waals surface area (Å²) in [6.07, 6.45) is 4.08. The van der Waals surface area contributed by atoms with E-state index < -0.39 is 23.2 Å². The van der Waals surface area contributed by atoms with Crippen molar-refractivity contribution < 1.29 is 19.1 Å². The molecule has 0 aromatic rings. The van der Waals surface area contributed by atoms with E-state index in [1.54, 1.807) is 0 Å². The van der Waals surface area contributed by atoms with Crippen LogP contribution < -0.4 is 0 Å². The highest BCUT2D eigenvalue weighted by atomic mass is 16.6. The fraction of sp³-hybridized carbons (Fsp3) is 0.875. The zero-order valence-corrected chi connectivity index (χ0v) is 20.5. The van der Waals surface area contributed by atoms with E-state index in [0.717, 1.165) is 25.7 Å². The molecule has 2 fully saturated rings. The van der Waals surface area contributed by atoms with Gasteiger partial charge in [0.15, 0.2) is 5.78 Å². The number of Topliss-reactive ketones (excluding diaryl/α,β-unsaturated/α-hetero) is 1.